The van der Waals surface area contributed by atoms with Gasteiger partial charge in [-0.2, -0.15) is 0 Å². The van der Waals surface area contributed by atoms with Crippen molar-refractivity contribution < 1.29 is 19.1 Å². The third kappa shape index (κ3) is 3.73. The summed E-state index contributed by atoms with van der Waals surface area (Å²) in [7, 11) is 0. The third-order valence-electron chi connectivity index (χ3n) is 2.24. The molecule has 18 heavy (non-hydrogen) atoms. The second kappa shape index (κ2) is 6.59. The van der Waals surface area contributed by atoms with E-state index >= 15 is 0 Å². The summed E-state index contributed by atoms with van der Waals surface area (Å²) in [4.78, 5) is 22.7. The Kier molecular flexibility index (Phi) is 5.11. The summed E-state index contributed by atoms with van der Waals surface area (Å²) >= 11 is 0. The Balaban J connectivity index is 2.95. The van der Waals surface area contributed by atoms with Crippen LogP contribution in [0.5, 0.6) is 0 Å². The van der Waals surface area contributed by atoms with Gasteiger partial charge in [0.15, 0.2) is 6.10 Å². The molecular weight excluding hydrogens is 232 g/mol. The molecule has 0 aliphatic rings. The van der Waals surface area contributed by atoms with E-state index < -0.39 is 18.0 Å². The van der Waals surface area contributed by atoms with Crippen LogP contribution in [-0.4, -0.2) is 18.5 Å². The zero-order valence-electron chi connectivity index (χ0n) is 10.5. The molecule has 0 aliphatic heterocycles. The van der Waals surface area contributed by atoms with Gasteiger partial charge in [0.05, 0.1) is 12.2 Å². The van der Waals surface area contributed by atoms with Crippen LogP contribution in [0.2, 0.25) is 0 Å². The molecule has 4 heteroatoms. The summed E-state index contributed by atoms with van der Waals surface area (Å²) in [5.74, 6) is -1.04. The van der Waals surface area contributed by atoms with E-state index in [-0.39, 0.29) is 12.2 Å². The van der Waals surface area contributed by atoms with Crippen LogP contribution in [0.3, 0.4) is 0 Å². The number of carbonyl (C=O) groups is 2. The summed E-state index contributed by atoms with van der Waals surface area (Å²) in [6.45, 7) is 6.89. The van der Waals surface area contributed by atoms with E-state index in [1.54, 1.807) is 31.2 Å². The van der Waals surface area contributed by atoms with E-state index in [1.807, 2.05) is 6.07 Å². The second-order valence-electron chi connectivity index (χ2n) is 3.65. The Labute approximate surface area is 106 Å². The molecule has 96 valence electrons. The highest BCUT2D eigenvalue weighted by Crippen LogP contribution is 2.25. The van der Waals surface area contributed by atoms with Crippen LogP contribution in [0.4, 0.5) is 0 Å². The lowest BCUT2D eigenvalue weighted by atomic mass is 10.0. The molecule has 0 aliphatic carbocycles. The molecule has 1 atom stereocenters. The molecule has 0 heterocycles. The van der Waals surface area contributed by atoms with E-state index in [2.05, 4.69) is 6.58 Å². The van der Waals surface area contributed by atoms with Crippen molar-refractivity contribution in [3.05, 3.63) is 48.0 Å². The van der Waals surface area contributed by atoms with E-state index in [0.717, 1.165) is 0 Å². The van der Waals surface area contributed by atoms with Gasteiger partial charge in [0.2, 0.25) is 0 Å². The topological polar surface area (TPSA) is 52.6 Å². The number of hydrogen-bond donors (Lipinski definition) is 0. The Hall–Kier alpha value is -2.10. The van der Waals surface area contributed by atoms with Gasteiger partial charge in [-0.3, -0.25) is 4.79 Å². The van der Waals surface area contributed by atoms with Crippen LogP contribution in [0, 0.1) is 0 Å². The highest BCUT2D eigenvalue weighted by molar-refractivity contribution is 5.89. The zero-order valence-corrected chi connectivity index (χ0v) is 10.5. The van der Waals surface area contributed by atoms with Gasteiger partial charge in [0, 0.05) is 6.92 Å². The molecule has 0 aromatic heterocycles. The molecule has 0 saturated carbocycles. The minimum Gasteiger partial charge on any atom is -0.463 e. The van der Waals surface area contributed by atoms with Crippen molar-refractivity contribution >= 4 is 11.9 Å². The fourth-order valence-electron chi connectivity index (χ4n) is 1.46. The highest BCUT2D eigenvalue weighted by atomic mass is 16.6. The van der Waals surface area contributed by atoms with Gasteiger partial charge in [-0.25, -0.2) is 4.79 Å². The molecule has 1 rings (SSSR count). The van der Waals surface area contributed by atoms with Gasteiger partial charge >= 0.3 is 11.9 Å². The standard InChI is InChI=1S/C14H16O4/c1-4-17-14(16)10(2)13(18-11(3)15)12-8-6-5-7-9-12/h5-9,13H,2,4H2,1,3H3/t13-/m0/s1. The quantitative estimate of drug-likeness (QED) is 0.593. The lowest BCUT2D eigenvalue weighted by molar-refractivity contribution is -0.147. The van der Waals surface area contributed by atoms with Crippen molar-refractivity contribution in [3.8, 4) is 0 Å². The van der Waals surface area contributed by atoms with Gasteiger partial charge in [0.1, 0.15) is 0 Å². The number of esters is 2. The smallest absolute Gasteiger partial charge is 0.337 e. The first kappa shape index (κ1) is 14.0. The van der Waals surface area contributed by atoms with Gasteiger partial charge in [-0.05, 0) is 12.5 Å². The first-order chi connectivity index (χ1) is 8.56. The Morgan fingerprint density at radius 3 is 2.39 bits per heavy atom. The van der Waals surface area contributed by atoms with Crippen LogP contribution in [0.25, 0.3) is 0 Å². The molecule has 0 N–H and O–H groups in total. The normalized spacial score (nSPS) is 11.4. The number of ether oxygens (including phenoxy) is 2. The average Bonchev–Trinajstić information content (AvgIpc) is 2.36. The van der Waals surface area contributed by atoms with Crippen molar-refractivity contribution in [1.29, 1.82) is 0 Å². The molecule has 0 saturated heterocycles. The molecule has 1 aromatic rings. The molecule has 1 aromatic carbocycles. The highest BCUT2D eigenvalue weighted by Gasteiger charge is 2.24. The molecule has 0 spiro atoms. The van der Waals surface area contributed by atoms with Crippen LogP contribution >= 0.6 is 0 Å². The Morgan fingerprint density at radius 1 is 1.28 bits per heavy atom. The number of carbonyl (C=O) groups excluding carboxylic acids is 2. The number of hydrogen-bond acceptors (Lipinski definition) is 4. The monoisotopic (exact) mass is 248 g/mol. The van der Waals surface area contributed by atoms with Gasteiger partial charge in [-0.1, -0.05) is 36.9 Å². The fraction of sp³-hybridized carbons (Fsp3) is 0.286. The second-order valence-corrected chi connectivity index (χ2v) is 3.65. The average molecular weight is 248 g/mol. The van der Waals surface area contributed by atoms with Crippen molar-refractivity contribution in [2.24, 2.45) is 0 Å². The molecular formula is C14H16O4. The first-order valence-corrected chi connectivity index (χ1v) is 5.64. The fourth-order valence-corrected chi connectivity index (χ4v) is 1.46. The van der Waals surface area contributed by atoms with Crippen LogP contribution in [0.1, 0.15) is 25.5 Å². The SMILES string of the molecule is C=C(C(=O)OCC)[C@H](OC(C)=O)c1ccccc1. The molecule has 0 fully saturated rings. The molecule has 0 amide bonds. The van der Waals surface area contributed by atoms with Crippen molar-refractivity contribution in [2.75, 3.05) is 6.61 Å². The van der Waals surface area contributed by atoms with Crippen LogP contribution < -0.4 is 0 Å². The maximum Gasteiger partial charge on any atom is 0.337 e. The largest absolute Gasteiger partial charge is 0.463 e. The maximum atomic E-state index is 11.6. The van der Waals surface area contributed by atoms with E-state index in [0.29, 0.717) is 5.56 Å². The lowest BCUT2D eigenvalue weighted by Crippen LogP contribution is -2.18. The lowest BCUT2D eigenvalue weighted by Gasteiger charge is -2.18. The van der Waals surface area contributed by atoms with Crippen LogP contribution in [-0.2, 0) is 19.1 Å². The third-order valence-corrected chi connectivity index (χ3v) is 2.24. The van der Waals surface area contributed by atoms with Gasteiger partial charge in [0.25, 0.3) is 0 Å². The van der Waals surface area contributed by atoms with Crippen molar-refractivity contribution in [3.63, 3.8) is 0 Å². The van der Waals surface area contributed by atoms with Gasteiger partial charge < -0.3 is 9.47 Å². The summed E-state index contributed by atoms with van der Waals surface area (Å²) < 4.78 is 9.98. The Bertz CT molecular complexity index is 436. The molecule has 0 radical (unpaired) electrons. The first-order valence-electron chi connectivity index (χ1n) is 5.64. The summed E-state index contributed by atoms with van der Waals surface area (Å²) in [6.07, 6.45) is -0.803. The minimum absolute atomic E-state index is 0.109. The van der Waals surface area contributed by atoms with E-state index in [1.165, 1.54) is 6.92 Å². The van der Waals surface area contributed by atoms with Crippen LogP contribution in [0.15, 0.2) is 42.5 Å². The summed E-state index contributed by atoms with van der Waals surface area (Å²) in [5, 5.41) is 0. The molecule has 0 unspecified atom stereocenters. The Morgan fingerprint density at radius 2 is 1.89 bits per heavy atom. The van der Waals surface area contributed by atoms with Gasteiger partial charge in [-0.15, -0.1) is 0 Å². The van der Waals surface area contributed by atoms with Crippen molar-refractivity contribution in [1.82, 2.24) is 0 Å². The zero-order chi connectivity index (χ0) is 13.5. The molecule has 0 bridgehead atoms. The number of benzene rings is 1. The minimum atomic E-state index is -0.803. The predicted molar refractivity (Wildman–Crippen MR) is 66.7 cm³/mol. The van der Waals surface area contributed by atoms with E-state index in [9.17, 15) is 9.59 Å². The van der Waals surface area contributed by atoms with Crippen molar-refractivity contribution in [2.45, 2.75) is 20.0 Å². The number of rotatable bonds is 5. The maximum absolute atomic E-state index is 11.6. The molecule has 4 nitrogen and oxygen atoms in total. The van der Waals surface area contributed by atoms with E-state index in [4.69, 9.17) is 9.47 Å². The predicted octanol–water partition coefficient (Wildman–Crippen LogP) is 2.41. The summed E-state index contributed by atoms with van der Waals surface area (Å²) in [6, 6.07) is 8.95. The summed E-state index contributed by atoms with van der Waals surface area (Å²) in [5.41, 5.74) is 0.795.